The molecule has 0 radical (unpaired) electrons. The largest absolute Gasteiger partial charge is 0.497 e. The molecule has 0 heterocycles. The first-order chi connectivity index (χ1) is 10.0. The number of Topliss-reactive ketones (excluding diaryl/α,β-unsaturated/α-hetero) is 2. The van der Waals surface area contributed by atoms with E-state index in [0.29, 0.717) is 11.3 Å². The number of fused-ring (bicyclic) bond motifs is 1. The van der Waals surface area contributed by atoms with Crippen LogP contribution in [0.15, 0.2) is 17.7 Å². The highest BCUT2D eigenvalue weighted by molar-refractivity contribution is 6.52. The first-order valence-electron chi connectivity index (χ1n) is 6.14. The van der Waals surface area contributed by atoms with Crippen LogP contribution in [0, 0.1) is 0 Å². The van der Waals surface area contributed by atoms with Gasteiger partial charge in [0.1, 0.15) is 11.5 Å². The molecule has 6 nitrogen and oxygen atoms in total. The van der Waals surface area contributed by atoms with E-state index < -0.39 is 17.5 Å². The summed E-state index contributed by atoms with van der Waals surface area (Å²) in [5, 5.41) is 0. The molecular weight excluding hydrogens is 276 g/mol. The number of ketones is 2. The van der Waals surface area contributed by atoms with Crippen LogP contribution >= 0.6 is 0 Å². The highest BCUT2D eigenvalue weighted by atomic mass is 16.5. The standard InChI is InChI=1S/C15H14O6/c1-19-10-5-8-4-9(6-12(16)21-3)14(17)15(18)13(8)11(7-10)20-2/h4-5,7H,6H2,1-3H3. The molecule has 1 aliphatic carbocycles. The first-order valence-corrected chi connectivity index (χ1v) is 6.14. The number of rotatable bonds is 4. The fourth-order valence-corrected chi connectivity index (χ4v) is 2.12. The van der Waals surface area contributed by atoms with E-state index in [1.807, 2.05) is 0 Å². The molecule has 2 rings (SSSR count). The topological polar surface area (TPSA) is 78.9 Å². The van der Waals surface area contributed by atoms with Crippen molar-refractivity contribution in [1.29, 1.82) is 0 Å². The van der Waals surface area contributed by atoms with E-state index in [1.165, 1.54) is 33.5 Å². The van der Waals surface area contributed by atoms with Gasteiger partial charge in [0.15, 0.2) is 0 Å². The van der Waals surface area contributed by atoms with Gasteiger partial charge in [-0.1, -0.05) is 0 Å². The maximum Gasteiger partial charge on any atom is 0.310 e. The van der Waals surface area contributed by atoms with Crippen LogP contribution in [0.1, 0.15) is 22.3 Å². The fourth-order valence-electron chi connectivity index (χ4n) is 2.12. The van der Waals surface area contributed by atoms with E-state index in [4.69, 9.17) is 9.47 Å². The van der Waals surface area contributed by atoms with Crippen molar-refractivity contribution in [3.05, 3.63) is 28.8 Å². The summed E-state index contributed by atoms with van der Waals surface area (Å²) in [5.74, 6) is -1.26. The molecule has 0 fully saturated rings. The summed E-state index contributed by atoms with van der Waals surface area (Å²) < 4.78 is 14.8. The summed E-state index contributed by atoms with van der Waals surface area (Å²) in [6.45, 7) is 0. The number of hydrogen-bond acceptors (Lipinski definition) is 6. The zero-order valence-electron chi connectivity index (χ0n) is 11.9. The van der Waals surface area contributed by atoms with Gasteiger partial charge in [0.05, 0.1) is 33.3 Å². The number of carbonyl (C=O) groups excluding carboxylic acids is 3. The number of benzene rings is 1. The molecule has 0 atom stereocenters. The minimum Gasteiger partial charge on any atom is -0.497 e. The van der Waals surface area contributed by atoms with Crippen LogP contribution in [0.2, 0.25) is 0 Å². The lowest BCUT2D eigenvalue weighted by Gasteiger charge is -2.17. The zero-order chi connectivity index (χ0) is 15.6. The molecule has 0 amide bonds. The highest BCUT2D eigenvalue weighted by Gasteiger charge is 2.32. The Morgan fingerprint density at radius 3 is 2.33 bits per heavy atom. The third-order valence-corrected chi connectivity index (χ3v) is 3.18. The second-order valence-corrected chi connectivity index (χ2v) is 4.37. The van der Waals surface area contributed by atoms with Gasteiger partial charge in [0.25, 0.3) is 0 Å². The molecule has 0 bridgehead atoms. The van der Waals surface area contributed by atoms with Crippen LogP contribution in [0.5, 0.6) is 11.5 Å². The Labute approximate surface area is 121 Å². The normalized spacial score (nSPS) is 13.4. The zero-order valence-corrected chi connectivity index (χ0v) is 11.9. The lowest BCUT2D eigenvalue weighted by Crippen LogP contribution is -2.24. The number of esters is 1. The molecule has 0 saturated carbocycles. The van der Waals surface area contributed by atoms with Gasteiger partial charge in [0, 0.05) is 11.6 Å². The average molecular weight is 290 g/mol. The quantitative estimate of drug-likeness (QED) is 0.616. The van der Waals surface area contributed by atoms with Gasteiger partial charge >= 0.3 is 5.97 Å². The minimum atomic E-state index is -0.726. The Morgan fingerprint density at radius 2 is 1.76 bits per heavy atom. The van der Waals surface area contributed by atoms with Crippen molar-refractivity contribution in [3.8, 4) is 11.5 Å². The summed E-state index contributed by atoms with van der Waals surface area (Å²) in [6.07, 6.45) is 1.24. The van der Waals surface area contributed by atoms with Crippen LogP contribution in [0.3, 0.4) is 0 Å². The molecule has 21 heavy (non-hydrogen) atoms. The summed E-state index contributed by atoms with van der Waals surface area (Å²) in [6, 6.07) is 3.14. The smallest absolute Gasteiger partial charge is 0.310 e. The molecule has 0 spiro atoms. The predicted octanol–water partition coefficient (Wildman–Crippen LogP) is 1.42. The maximum absolute atomic E-state index is 12.2. The van der Waals surface area contributed by atoms with Crippen molar-refractivity contribution in [3.63, 3.8) is 0 Å². The van der Waals surface area contributed by atoms with Crippen LogP contribution in [-0.2, 0) is 14.3 Å². The van der Waals surface area contributed by atoms with Gasteiger partial charge < -0.3 is 14.2 Å². The molecule has 0 saturated heterocycles. The fraction of sp³-hybridized carbons (Fsp3) is 0.267. The van der Waals surface area contributed by atoms with Gasteiger partial charge in [-0.25, -0.2) is 0 Å². The summed E-state index contributed by atoms with van der Waals surface area (Å²) in [5.41, 5.74) is 0.751. The Kier molecular flexibility index (Phi) is 4.07. The van der Waals surface area contributed by atoms with Crippen LogP contribution in [-0.4, -0.2) is 38.9 Å². The number of carbonyl (C=O) groups is 3. The first kappa shape index (κ1) is 14.8. The summed E-state index contributed by atoms with van der Waals surface area (Å²) in [4.78, 5) is 35.6. The van der Waals surface area contributed by atoms with E-state index in [-0.39, 0.29) is 23.3 Å². The molecule has 6 heteroatoms. The Balaban J connectivity index is 2.57. The third kappa shape index (κ3) is 2.65. The van der Waals surface area contributed by atoms with E-state index in [1.54, 1.807) is 6.07 Å². The van der Waals surface area contributed by atoms with Gasteiger partial charge in [0.2, 0.25) is 11.6 Å². The van der Waals surface area contributed by atoms with Gasteiger partial charge in [-0.05, 0) is 17.7 Å². The molecule has 1 aromatic carbocycles. The molecule has 0 N–H and O–H groups in total. The van der Waals surface area contributed by atoms with Crippen molar-refractivity contribution in [2.75, 3.05) is 21.3 Å². The van der Waals surface area contributed by atoms with Gasteiger partial charge in [-0.3, -0.25) is 14.4 Å². The van der Waals surface area contributed by atoms with Crippen molar-refractivity contribution in [2.24, 2.45) is 0 Å². The van der Waals surface area contributed by atoms with Crippen molar-refractivity contribution in [2.45, 2.75) is 6.42 Å². The second kappa shape index (κ2) is 5.78. The monoisotopic (exact) mass is 290 g/mol. The molecule has 110 valence electrons. The maximum atomic E-state index is 12.2. The minimum absolute atomic E-state index is 0.0923. The molecule has 0 aromatic heterocycles. The molecule has 0 unspecified atom stereocenters. The second-order valence-electron chi connectivity index (χ2n) is 4.37. The number of hydrogen-bond donors (Lipinski definition) is 0. The number of methoxy groups -OCH3 is 3. The van der Waals surface area contributed by atoms with Crippen molar-refractivity contribution < 1.29 is 28.6 Å². The SMILES string of the molecule is COC(=O)CC1=Cc2cc(OC)cc(OC)c2C(=O)C1=O. The lowest BCUT2D eigenvalue weighted by molar-refractivity contribution is -0.140. The highest BCUT2D eigenvalue weighted by Crippen LogP contribution is 2.34. The Hall–Kier alpha value is -2.63. The van der Waals surface area contributed by atoms with Crippen LogP contribution in [0.4, 0.5) is 0 Å². The molecule has 1 aliphatic rings. The summed E-state index contributed by atoms with van der Waals surface area (Å²) >= 11 is 0. The number of ether oxygens (including phenoxy) is 3. The lowest BCUT2D eigenvalue weighted by atomic mass is 9.88. The van der Waals surface area contributed by atoms with Crippen LogP contribution < -0.4 is 9.47 Å². The van der Waals surface area contributed by atoms with Gasteiger partial charge in [-0.15, -0.1) is 0 Å². The third-order valence-electron chi connectivity index (χ3n) is 3.18. The van der Waals surface area contributed by atoms with Crippen molar-refractivity contribution in [1.82, 2.24) is 0 Å². The Bertz CT molecular complexity index is 656. The average Bonchev–Trinajstić information content (AvgIpc) is 2.50. The molecule has 0 aliphatic heterocycles. The van der Waals surface area contributed by atoms with Crippen molar-refractivity contribution >= 4 is 23.6 Å². The van der Waals surface area contributed by atoms with E-state index in [9.17, 15) is 14.4 Å². The predicted molar refractivity (Wildman–Crippen MR) is 73.5 cm³/mol. The van der Waals surface area contributed by atoms with E-state index in [0.717, 1.165) is 0 Å². The van der Waals surface area contributed by atoms with E-state index >= 15 is 0 Å². The van der Waals surface area contributed by atoms with E-state index in [2.05, 4.69) is 4.74 Å². The Morgan fingerprint density at radius 1 is 1.05 bits per heavy atom. The van der Waals surface area contributed by atoms with Crippen LogP contribution in [0.25, 0.3) is 6.08 Å². The molecular formula is C15H14O6. The van der Waals surface area contributed by atoms with Gasteiger partial charge in [-0.2, -0.15) is 0 Å². The molecule has 1 aromatic rings. The summed E-state index contributed by atoms with van der Waals surface area (Å²) in [7, 11) is 4.11.